The number of nitrogen functional groups attached to an aromatic ring is 1. The highest BCUT2D eigenvalue weighted by molar-refractivity contribution is 9.11. The molecule has 0 aliphatic heterocycles. The number of esters is 1. The van der Waals surface area contributed by atoms with Crippen LogP contribution in [0.5, 0.6) is 0 Å². The fourth-order valence-corrected chi connectivity index (χ4v) is 2.60. The zero-order chi connectivity index (χ0) is 15.1. The first kappa shape index (κ1) is 16.7. The number of carbonyl (C=O) groups is 1. The first-order valence-electron chi connectivity index (χ1n) is 6.03. The minimum Gasteiger partial charge on any atom is -0.462 e. The van der Waals surface area contributed by atoms with E-state index < -0.39 is 5.97 Å². The topological polar surface area (TPSA) is 76.1 Å². The lowest BCUT2D eigenvalue weighted by Crippen LogP contribution is -2.07. The van der Waals surface area contributed by atoms with E-state index in [-0.39, 0.29) is 5.57 Å². The lowest BCUT2D eigenvalue weighted by Gasteiger charge is -2.05. The molecule has 0 heterocycles. The van der Waals surface area contributed by atoms with Gasteiger partial charge in [-0.05, 0) is 62.1 Å². The van der Waals surface area contributed by atoms with Crippen LogP contribution in [0.2, 0.25) is 0 Å². The summed E-state index contributed by atoms with van der Waals surface area (Å²) < 4.78 is 6.39. The fraction of sp³-hybridized carbons (Fsp3) is 0.286. The van der Waals surface area contributed by atoms with E-state index >= 15 is 0 Å². The summed E-state index contributed by atoms with van der Waals surface area (Å²) in [5.41, 5.74) is 6.99. The Bertz CT molecular complexity index is 554. The van der Waals surface area contributed by atoms with Gasteiger partial charge in [-0.2, -0.15) is 5.26 Å². The van der Waals surface area contributed by atoms with Gasteiger partial charge in [0.2, 0.25) is 0 Å². The average Bonchev–Trinajstić information content (AvgIpc) is 2.42. The van der Waals surface area contributed by atoms with Gasteiger partial charge in [0.1, 0.15) is 11.6 Å². The maximum atomic E-state index is 11.7. The van der Waals surface area contributed by atoms with Crippen LogP contribution in [0.25, 0.3) is 6.08 Å². The second kappa shape index (κ2) is 8.08. The lowest BCUT2D eigenvalue weighted by molar-refractivity contribution is -0.138. The molecule has 6 heteroatoms. The van der Waals surface area contributed by atoms with Gasteiger partial charge < -0.3 is 10.5 Å². The Morgan fingerprint density at radius 1 is 1.45 bits per heavy atom. The summed E-state index contributed by atoms with van der Waals surface area (Å²) in [5.74, 6) is -0.606. The van der Waals surface area contributed by atoms with Crippen molar-refractivity contribution in [2.24, 2.45) is 0 Å². The number of carbonyl (C=O) groups excluding carboxylic acids is 1. The van der Waals surface area contributed by atoms with E-state index in [1.54, 1.807) is 12.1 Å². The highest BCUT2D eigenvalue weighted by atomic mass is 79.9. The third-order valence-corrected chi connectivity index (χ3v) is 3.80. The molecule has 0 spiro atoms. The van der Waals surface area contributed by atoms with Gasteiger partial charge in [0.25, 0.3) is 0 Å². The molecule has 20 heavy (non-hydrogen) atoms. The number of halogens is 2. The van der Waals surface area contributed by atoms with E-state index in [0.29, 0.717) is 26.8 Å². The van der Waals surface area contributed by atoms with Crippen LogP contribution in [-0.4, -0.2) is 12.6 Å². The third-order valence-electron chi connectivity index (χ3n) is 2.48. The van der Waals surface area contributed by atoms with Crippen LogP contribution in [0.3, 0.4) is 0 Å². The monoisotopic (exact) mass is 400 g/mol. The van der Waals surface area contributed by atoms with Crippen LogP contribution in [0.4, 0.5) is 5.69 Å². The smallest absolute Gasteiger partial charge is 0.348 e. The molecule has 1 rings (SSSR count). The summed E-state index contributed by atoms with van der Waals surface area (Å²) in [6, 6.07) is 5.32. The van der Waals surface area contributed by atoms with E-state index in [9.17, 15) is 4.79 Å². The summed E-state index contributed by atoms with van der Waals surface area (Å²) in [5, 5.41) is 9.04. The second-order valence-corrected chi connectivity index (χ2v) is 5.77. The molecule has 0 aliphatic carbocycles. The number of hydrogen-bond donors (Lipinski definition) is 1. The van der Waals surface area contributed by atoms with Gasteiger partial charge in [-0.3, -0.25) is 0 Å². The van der Waals surface area contributed by atoms with Crippen molar-refractivity contribution in [1.82, 2.24) is 0 Å². The number of ether oxygens (including phenoxy) is 1. The molecule has 2 N–H and O–H groups in total. The number of rotatable bonds is 5. The molecule has 0 aliphatic rings. The Kier molecular flexibility index (Phi) is 6.76. The van der Waals surface area contributed by atoms with Gasteiger partial charge in [-0.15, -0.1) is 0 Å². The molecule has 0 aromatic heterocycles. The molecule has 0 fully saturated rings. The van der Waals surface area contributed by atoms with Crippen molar-refractivity contribution in [2.75, 3.05) is 12.3 Å². The Labute approximate surface area is 134 Å². The highest BCUT2D eigenvalue weighted by Gasteiger charge is 2.11. The first-order chi connectivity index (χ1) is 9.49. The van der Waals surface area contributed by atoms with Crippen LogP contribution in [0.15, 0.2) is 26.7 Å². The second-order valence-electron chi connectivity index (χ2n) is 4.06. The Morgan fingerprint density at radius 2 is 2.05 bits per heavy atom. The van der Waals surface area contributed by atoms with Crippen molar-refractivity contribution < 1.29 is 9.53 Å². The quantitative estimate of drug-likeness (QED) is 0.265. The third kappa shape index (κ3) is 4.66. The summed E-state index contributed by atoms with van der Waals surface area (Å²) in [7, 11) is 0. The summed E-state index contributed by atoms with van der Waals surface area (Å²) in [6.07, 6.45) is 3.18. The van der Waals surface area contributed by atoms with Gasteiger partial charge in [0.05, 0.1) is 12.3 Å². The molecular weight excluding hydrogens is 388 g/mol. The SMILES string of the molecule is CCCCOC(=O)C(C#N)=Cc1cc(Br)c(N)c(Br)c1. The van der Waals surface area contributed by atoms with Gasteiger partial charge in [0, 0.05) is 8.95 Å². The largest absolute Gasteiger partial charge is 0.462 e. The minimum atomic E-state index is -0.606. The van der Waals surface area contributed by atoms with Crippen LogP contribution in [0.1, 0.15) is 25.3 Å². The molecule has 0 unspecified atom stereocenters. The van der Waals surface area contributed by atoms with Gasteiger partial charge in [0.15, 0.2) is 0 Å². The maximum absolute atomic E-state index is 11.7. The predicted octanol–water partition coefficient (Wildman–Crippen LogP) is 4.04. The number of nitrogens with zero attached hydrogens (tertiary/aromatic N) is 1. The van der Waals surface area contributed by atoms with Crippen LogP contribution in [0, 0.1) is 11.3 Å². The number of hydrogen-bond acceptors (Lipinski definition) is 4. The molecule has 0 bridgehead atoms. The molecule has 1 aromatic carbocycles. The Hall–Kier alpha value is -1.32. The van der Waals surface area contributed by atoms with Crippen LogP contribution >= 0.6 is 31.9 Å². The number of nitrogens with two attached hydrogens (primary N) is 1. The average molecular weight is 402 g/mol. The molecule has 0 radical (unpaired) electrons. The van der Waals surface area contributed by atoms with Crippen molar-refractivity contribution in [3.63, 3.8) is 0 Å². The van der Waals surface area contributed by atoms with E-state index in [4.69, 9.17) is 15.7 Å². The Morgan fingerprint density at radius 3 is 2.55 bits per heavy atom. The van der Waals surface area contributed by atoms with Crippen molar-refractivity contribution in [1.29, 1.82) is 5.26 Å². The normalized spacial score (nSPS) is 11.0. The van der Waals surface area contributed by atoms with E-state index in [2.05, 4.69) is 31.9 Å². The molecule has 0 saturated carbocycles. The maximum Gasteiger partial charge on any atom is 0.348 e. The van der Waals surface area contributed by atoms with E-state index in [1.807, 2.05) is 13.0 Å². The zero-order valence-corrected chi connectivity index (χ0v) is 14.1. The van der Waals surface area contributed by atoms with Gasteiger partial charge in [-0.1, -0.05) is 13.3 Å². The molecule has 0 atom stereocenters. The highest BCUT2D eigenvalue weighted by Crippen LogP contribution is 2.30. The van der Waals surface area contributed by atoms with Crippen molar-refractivity contribution in [2.45, 2.75) is 19.8 Å². The molecule has 4 nitrogen and oxygen atoms in total. The number of unbranched alkanes of at least 4 members (excludes halogenated alkanes) is 1. The number of benzene rings is 1. The van der Waals surface area contributed by atoms with E-state index in [1.165, 1.54) is 6.08 Å². The van der Waals surface area contributed by atoms with Gasteiger partial charge >= 0.3 is 5.97 Å². The number of anilines is 1. The molecule has 106 valence electrons. The zero-order valence-electron chi connectivity index (χ0n) is 11.0. The molecule has 0 saturated heterocycles. The summed E-state index contributed by atoms with van der Waals surface area (Å²) in [4.78, 5) is 11.7. The summed E-state index contributed by atoms with van der Waals surface area (Å²) in [6.45, 7) is 2.32. The van der Waals surface area contributed by atoms with E-state index in [0.717, 1.165) is 12.8 Å². The van der Waals surface area contributed by atoms with Crippen molar-refractivity contribution in [3.05, 3.63) is 32.2 Å². The van der Waals surface area contributed by atoms with Gasteiger partial charge in [-0.25, -0.2) is 4.79 Å². The fourth-order valence-electron chi connectivity index (χ4n) is 1.38. The lowest BCUT2D eigenvalue weighted by atomic mass is 10.1. The van der Waals surface area contributed by atoms with Crippen molar-refractivity contribution >= 4 is 49.6 Å². The minimum absolute atomic E-state index is 0.0373. The van der Waals surface area contributed by atoms with Crippen LogP contribution in [-0.2, 0) is 9.53 Å². The molecular formula is C14H14Br2N2O2. The number of nitriles is 1. The molecule has 0 amide bonds. The standard InChI is InChI=1S/C14H14Br2N2O2/c1-2-3-4-20-14(19)10(8-17)5-9-6-11(15)13(18)12(16)7-9/h5-7H,2-4,18H2,1H3. The Balaban J connectivity index is 2.95. The van der Waals surface area contributed by atoms with Crippen molar-refractivity contribution in [3.8, 4) is 6.07 Å². The first-order valence-corrected chi connectivity index (χ1v) is 7.61. The molecule has 1 aromatic rings. The predicted molar refractivity (Wildman–Crippen MR) is 85.7 cm³/mol. The summed E-state index contributed by atoms with van der Waals surface area (Å²) >= 11 is 6.63. The van der Waals surface area contributed by atoms with Crippen LogP contribution < -0.4 is 5.73 Å².